The molecule has 1 aromatic rings. The highest BCUT2D eigenvalue weighted by Gasteiger charge is 2.40. The van der Waals surface area contributed by atoms with Crippen LogP contribution >= 0.6 is 0 Å². The summed E-state index contributed by atoms with van der Waals surface area (Å²) in [4.78, 5) is 23.8. The monoisotopic (exact) mass is 311 g/mol. The highest BCUT2D eigenvalue weighted by atomic mass is 32.2. The van der Waals surface area contributed by atoms with Gasteiger partial charge in [-0.15, -0.1) is 0 Å². The summed E-state index contributed by atoms with van der Waals surface area (Å²) in [7, 11) is -2.07. The van der Waals surface area contributed by atoms with Gasteiger partial charge in [0.2, 0.25) is 0 Å². The van der Waals surface area contributed by atoms with Crippen molar-refractivity contribution in [2.75, 3.05) is 26.7 Å². The van der Waals surface area contributed by atoms with Gasteiger partial charge < -0.3 is 10.6 Å². The number of rotatable bonds is 5. The number of carbonyl (C=O) groups is 2. The van der Waals surface area contributed by atoms with E-state index < -0.39 is 15.9 Å². The Kier molecular flexibility index (Phi) is 4.29. The fourth-order valence-corrected chi connectivity index (χ4v) is 3.74. The molecule has 0 unspecified atom stereocenters. The molecule has 21 heavy (non-hydrogen) atoms. The van der Waals surface area contributed by atoms with E-state index in [0.29, 0.717) is 13.1 Å². The number of hydrogen-bond donors (Lipinski definition) is 2. The van der Waals surface area contributed by atoms with E-state index in [-0.39, 0.29) is 28.5 Å². The van der Waals surface area contributed by atoms with Crippen LogP contribution < -0.4 is 10.6 Å². The van der Waals surface area contributed by atoms with E-state index in [1.165, 1.54) is 18.2 Å². The van der Waals surface area contributed by atoms with Gasteiger partial charge in [-0.1, -0.05) is 0 Å². The van der Waals surface area contributed by atoms with Gasteiger partial charge in [0.15, 0.2) is 0 Å². The predicted molar refractivity (Wildman–Crippen MR) is 76.6 cm³/mol. The molecule has 0 saturated heterocycles. The first kappa shape index (κ1) is 15.5. The maximum Gasteiger partial charge on any atom is 0.268 e. The van der Waals surface area contributed by atoms with Crippen LogP contribution in [0.5, 0.6) is 0 Å². The van der Waals surface area contributed by atoms with Crippen molar-refractivity contribution in [2.24, 2.45) is 0 Å². The van der Waals surface area contributed by atoms with Crippen LogP contribution in [0.25, 0.3) is 0 Å². The van der Waals surface area contributed by atoms with Crippen molar-refractivity contribution in [3.8, 4) is 0 Å². The Morgan fingerprint density at radius 2 is 2.00 bits per heavy atom. The SMILES string of the molecule is CCN1C(=O)c2ccc(C(=O)NCCNC)cc2S1(=O)=O. The Morgan fingerprint density at radius 3 is 2.62 bits per heavy atom. The predicted octanol–water partition coefficient (Wildman–Crippen LogP) is -0.200. The number of benzene rings is 1. The number of amides is 2. The number of hydrogen-bond acceptors (Lipinski definition) is 5. The molecule has 0 bridgehead atoms. The second-order valence-electron chi connectivity index (χ2n) is 4.55. The quantitative estimate of drug-likeness (QED) is 0.734. The second-order valence-corrected chi connectivity index (χ2v) is 6.38. The Bertz CT molecular complexity index is 685. The van der Waals surface area contributed by atoms with Gasteiger partial charge in [0, 0.05) is 25.2 Å². The van der Waals surface area contributed by atoms with Crippen LogP contribution in [0.15, 0.2) is 23.1 Å². The van der Waals surface area contributed by atoms with Gasteiger partial charge in [-0.05, 0) is 32.2 Å². The van der Waals surface area contributed by atoms with Gasteiger partial charge in [-0.3, -0.25) is 9.59 Å². The number of likely N-dealkylation sites (N-methyl/N-ethyl adjacent to an activating group) is 1. The van der Waals surface area contributed by atoms with Crippen LogP contribution in [0.4, 0.5) is 0 Å². The minimum absolute atomic E-state index is 0.0690. The normalized spacial score (nSPS) is 15.9. The molecule has 1 heterocycles. The lowest BCUT2D eigenvalue weighted by atomic mass is 10.1. The molecule has 0 fully saturated rings. The fraction of sp³-hybridized carbons (Fsp3) is 0.385. The average Bonchev–Trinajstić information content (AvgIpc) is 2.65. The van der Waals surface area contributed by atoms with Crippen LogP contribution in [-0.2, 0) is 10.0 Å². The summed E-state index contributed by atoms with van der Waals surface area (Å²) in [6.45, 7) is 2.70. The number of carbonyl (C=O) groups excluding carboxylic acids is 2. The molecule has 1 aliphatic rings. The zero-order valence-electron chi connectivity index (χ0n) is 11.8. The van der Waals surface area contributed by atoms with E-state index in [9.17, 15) is 18.0 Å². The lowest BCUT2D eigenvalue weighted by Gasteiger charge is -2.11. The average molecular weight is 311 g/mol. The zero-order chi connectivity index (χ0) is 15.6. The molecule has 0 spiro atoms. The first-order chi connectivity index (χ1) is 9.93. The standard InChI is InChI=1S/C13H17N3O4S/c1-3-16-13(18)10-5-4-9(8-11(10)21(16,19)20)12(17)15-7-6-14-2/h4-5,8,14H,3,6-7H2,1-2H3,(H,15,17). The van der Waals surface area contributed by atoms with Gasteiger partial charge in [0.1, 0.15) is 4.90 Å². The molecule has 0 radical (unpaired) electrons. The number of nitrogens with one attached hydrogen (secondary N) is 2. The smallest absolute Gasteiger partial charge is 0.268 e. The summed E-state index contributed by atoms with van der Waals surface area (Å²) in [5.74, 6) is -0.916. The van der Waals surface area contributed by atoms with E-state index in [4.69, 9.17) is 0 Å². The Labute approximate surface area is 123 Å². The minimum atomic E-state index is -3.84. The third-order valence-corrected chi connectivity index (χ3v) is 5.11. The van der Waals surface area contributed by atoms with Crippen LogP contribution in [0, 0.1) is 0 Å². The van der Waals surface area contributed by atoms with Crippen molar-refractivity contribution in [3.63, 3.8) is 0 Å². The molecule has 114 valence electrons. The molecule has 2 amide bonds. The van der Waals surface area contributed by atoms with Crippen LogP contribution in [0.1, 0.15) is 27.6 Å². The molecule has 1 aliphatic heterocycles. The molecule has 7 nitrogen and oxygen atoms in total. The molecule has 2 rings (SSSR count). The van der Waals surface area contributed by atoms with Crippen molar-refractivity contribution in [3.05, 3.63) is 29.3 Å². The molecule has 0 aliphatic carbocycles. The van der Waals surface area contributed by atoms with Gasteiger partial charge >= 0.3 is 0 Å². The van der Waals surface area contributed by atoms with Crippen molar-refractivity contribution < 1.29 is 18.0 Å². The zero-order valence-corrected chi connectivity index (χ0v) is 12.7. The summed E-state index contributed by atoms with van der Waals surface area (Å²) in [6, 6.07) is 4.10. The maximum atomic E-state index is 12.2. The Hall–Kier alpha value is -1.93. The molecule has 2 N–H and O–H groups in total. The van der Waals surface area contributed by atoms with E-state index in [0.717, 1.165) is 4.31 Å². The van der Waals surface area contributed by atoms with E-state index in [1.807, 2.05) is 0 Å². The third-order valence-electron chi connectivity index (χ3n) is 3.22. The molecular formula is C13H17N3O4S. The van der Waals surface area contributed by atoms with Crippen molar-refractivity contribution in [1.82, 2.24) is 14.9 Å². The number of fused-ring (bicyclic) bond motifs is 1. The van der Waals surface area contributed by atoms with Crippen LogP contribution in [-0.4, -0.2) is 51.2 Å². The van der Waals surface area contributed by atoms with E-state index in [1.54, 1.807) is 14.0 Å². The molecule has 0 aromatic heterocycles. The number of sulfonamides is 1. The van der Waals surface area contributed by atoms with Crippen LogP contribution in [0.2, 0.25) is 0 Å². The second kappa shape index (κ2) is 5.82. The van der Waals surface area contributed by atoms with Gasteiger partial charge in [-0.25, -0.2) is 12.7 Å². The van der Waals surface area contributed by atoms with Gasteiger partial charge in [-0.2, -0.15) is 0 Å². The third kappa shape index (κ3) is 2.64. The van der Waals surface area contributed by atoms with Crippen LogP contribution in [0.3, 0.4) is 0 Å². The van der Waals surface area contributed by atoms with Crippen molar-refractivity contribution >= 4 is 21.8 Å². The molecule has 1 aromatic carbocycles. The molecule has 0 saturated carbocycles. The lowest BCUT2D eigenvalue weighted by molar-refractivity contribution is 0.0874. The lowest BCUT2D eigenvalue weighted by Crippen LogP contribution is -2.30. The minimum Gasteiger partial charge on any atom is -0.351 e. The largest absolute Gasteiger partial charge is 0.351 e. The van der Waals surface area contributed by atoms with E-state index >= 15 is 0 Å². The Morgan fingerprint density at radius 1 is 1.29 bits per heavy atom. The summed E-state index contributed by atoms with van der Waals surface area (Å²) >= 11 is 0. The summed E-state index contributed by atoms with van der Waals surface area (Å²) < 4.78 is 25.3. The molecule has 0 atom stereocenters. The highest BCUT2D eigenvalue weighted by Crippen LogP contribution is 2.30. The highest BCUT2D eigenvalue weighted by molar-refractivity contribution is 7.90. The fourth-order valence-electron chi connectivity index (χ4n) is 2.13. The molecular weight excluding hydrogens is 294 g/mol. The van der Waals surface area contributed by atoms with Crippen molar-refractivity contribution in [2.45, 2.75) is 11.8 Å². The van der Waals surface area contributed by atoms with E-state index in [2.05, 4.69) is 10.6 Å². The first-order valence-electron chi connectivity index (χ1n) is 6.57. The maximum absolute atomic E-state index is 12.2. The summed E-state index contributed by atoms with van der Waals surface area (Å²) in [5.41, 5.74) is 0.336. The van der Waals surface area contributed by atoms with Gasteiger partial charge in [0.05, 0.1) is 5.56 Å². The molecule has 8 heteroatoms. The Balaban J connectivity index is 2.33. The van der Waals surface area contributed by atoms with Crippen molar-refractivity contribution in [1.29, 1.82) is 0 Å². The first-order valence-corrected chi connectivity index (χ1v) is 8.01. The number of nitrogens with zero attached hydrogens (tertiary/aromatic N) is 1. The van der Waals surface area contributed by atoms with Gasteiger partial charge in [0.25, 0.3) is 21.8 Å². The summed E-state index contributed by atoms with van der Waals surface area (Å²) in [6.07, 6.45) is 0. The summed E-state index contributed by atoms with van der Waals surface area (Å²) in [5, 5.41) is 5.55. The topological polar surface area (TPSA) is 95.6 Å².